The maximum Gasteiger partial charge on any atom is 0.244 e. The lowest BCUT2D eigenvalue weighted by atomic mass is 10.1. The van der Waals surface area contributed by atoms with Gasteiger partial charge in [0, 0.05) is 11.6 Å². The van der Waals surface area contributed by atoms with Gasteiger partial charge < -0.3 is 10.1 Å². The lowest BCUT2D eigenvalue weighted by Crippen LogP contribution is -2.49. The molecule has 1 atom stereocenters. The molecule has 1 amide bonds. The second kappa shape index (κ2) is 9.98. The van der Waals surface area contributed by atoms with Crippen molar-refractivity contribution in [3.8, 4) is 5.75 Å². The van der Waals surface area contributed by atoms with Gasteiger partial charge >= 0.3 is 0 Å². The molecule has 2 aromatic carbocycles. The van der Waals surface area contributed by atoms with Crippen LogP contribution in [0.4, 0.5) is 5.69 Å². The average Bonchev–Trinajstić information content (AvgIpc) is 2.66. The van der Waals surface area contributed by atoms with E-state index in [-0.39, 0.29) is 12.5 Å². The van der Waals surface area contributed by atoms with Gasteiger partial charge in [-0.3, -0.25) is 9.10 Å². The van der Waals surface area contributed by atoms with Crippen molar-refractivity contribution in [1.82, 2.24) is 5.32 Å². The molecule has 0 aliphatic rings. The molecule has 0 spiro atoms. The first kappa shape index (κ1) is 23.0. The Morgan fingerprint density at radius 2 is 1.93 bits per heavy atom. The molecule has 1 N–H and O–H groups in total. The van der Waals surface area contributed by atoms with E-state index in [1.54, 1.807) is 25.1 Å². The number of ether oxygens (including phenoxy) is 1. The van der Waals surface area contributed by atoms with Crippen LogP contribution >= 0.6 is 11.6 Å². The van der Waals surface area contributed by atoms with Gasteiger partial charge in [0.1, 0.15) is 11.8 Å². The van der Waals surface area contributed by atoms with Crippen LogP contribution in [0, 0.1) is 6.92 Å². The van der Waals surface area contributed by atoms with E-state index in [2.05, 4.69) is 5.32 Å². The van der Waals surface area contributed by atoms with Crippen LogP contribution in [0.15, 0.2) is 42.5 Å². The molecule has 158 valence electrons. The monoisotopic (exact) mass is 438 g/mol. The molecule has 2 aromatic rings. The highest BCUT2D eigenvalue weighted by Crippen LogP contribution is 2.27. The number of aryl methyl sites for hydroxylation is 1. The number of amides is 1. The summed E-state index contributed by atoms with van der Waals surface area (Å²) in [4.78, 5) is 12.9. The summed E-state index contributed by atoms with van der Waals surface area (Å²) < 4.78 is 31.6. The van der Waals surface area contributed by atoms with Crippen molar-refractivity contribution in [1.29, 1.82) is 0 Å². The Bertz CT molecular complexity index is 963. The summed E-state index contributed by atoms with van der Waals surface area (Å²) in [6, 6.07) is 11.5. The minimum Gasteiger partial charge on any atom is -0.494 e. The third-order valence-corrected chi connectivity index (χ3v) is 6.00. The number of anilines is 1. The van der Waals surface area contributed by atoms with E-state index in [0.717, 1.165) is 27.4 Å². The Balaban J connectivity index is 2.24. The number of nitrogens with one attached hydrogen (secondary N) is 1. The molecule has 0 aromatic heterocycles. The largest absolute Gasteiger partial charge is 0.494 e. The van der Waals surface area contributed by atoms with E-state index in [1.165, 1.54) is 0 Å². The summed E-state index contributed by atoms with van der Waals surface area (Å²) in [7, 11) is -3.71. The van der Waals surface area contributed by atoms with Crippen LogP contribution in [-0.2, 0) is 21.4 Å². The summed E-state index contributed by atoms with van der Waals surface area (Å²) in [6.45, 7) is 6.32. The van der Waals surface area contributed by atoms with Crippen LogP contribution < -0.4 is 14.4 Å². The first-order valence-electron chi connectivity index (χ1n) is 9.42. The zero-order chi connectivity index (χ0) is 21.6. The van der Waals surface area contributed by atoms with Crippen LogP contribution in [0.1, 0.15) is 31.4 Å². The van der Waals surface area contributed by atoms with Crippen molar-refractivity contribution in [3.63, 3.8) is 0 Å². The van der Waals surface area contributed by atoms with E-state index >= 15 is 0 Å². The molecule has 8 heteroatoms. The van der Waals surface area contributed by atoms with Gasteiger partial charge in [-0.2, -0.15) is 0 Å². The molecule has 0 aliphatic heterocycles. The zero-order valence-electron chi connectivity index (χ0n) is 17.1. The predicted octanol–water partition coefficient (Wildman–Crippen LogP) is 3.91. The molecule has 0 heterocycles. The molecule has 6 nitrogen and oxygen atoms in total. The average molecular weight is 439 g/mol. The topological polar surface area (TPSA) is 75.7 Å². The van der Waals surface area contributed by atoms with Gasteiger partial charge in [-0.25, -0.2) is 8.42 Å². The van der Waals surface area contributed by atoms with Gasteiger partial charge in [0.15, 0.2) is 0 Å². The molecule has 0 unspecified atom stereocenters. The number of rotatable bonds is 9. The van der Waals surface area contributed by atoms with E-state index in [4.69, 9.17) is 16.3 Å². The third-order valence-electron chi connectivity index (χ3n) is 4.42. The van der Waals surface area contributed by atoms with Crippen molar-refractivity contribution >= 4 is 33.2 Å². The SMILES string of the molecule is CCOc1cccc(CNC(=O)[C@@H](CC)N(c2ccc(C)c(Cl)c2)S(C)(=O)=O)c1. The molecule has 0 bridgehead atoms. The second-order valence-electron chi connectivity index (χ2n) is 6.71. The Hall–Kier alpha value is -2.25. The number of benzene rings is 2. The summed E-state index contributed by atoms with van der Waals surface area (Å²) in [5, 5.41) is 3.28. The molecular weight excluding hydrogens is 412 g/mol. The molecule has 0 radical (unpaired) electrons. The molecule has 0 aliphatic carbocycles. The van der Waals surface area contributed by atoms with Crippen LogP contribution in [0.3, 0.4) is 0 Å². The Morgan fingerprint density at radius 1 is 1.21 bits per heavy atom. The van der Waals surface area contributed by atoms with Crippen LogP contribution in [0.25, 0.3) is 0 Å². The van der Waals surface area contributed by atoms with E-state index in [0.29, 0.717) is 23.7 Å². The Morgan fingerprint density at radius 3 is 2.52 bits per heavy atom. The molecule has 0 fully saturated rings. The van der Waals surface area contributed by atoms with Crippen molar-refractivity contribution in [2.24, 2.45) is 0 Å². The molecule has 2 rings (SSSR count). The van der Waals surface area contributed by atoms with Crippen LogP contribution in [0.5, 0.6) is 5.75 Å². The minimum absolute atomic E-state index is 0.266. The fraction of sp³-hybridized carbons (Fsp3) is 0.381. The summed E-state index contributed by atoms with van der Waals surface area (Å²) in [5.41, 5.74) is 2.06. The minimum atomic E-state index is -3.71. The number of hydrogen-bond acceptors (Lipinski definition) is 4. The summed E-state index contributed by atoms with van der Waals surface area (Å²) in [5.74, 6) is 0.342. The van der Waals surface area contributed by atoms with E-state index < -0.39 is 16.1 Å². The lowest BCUT2D eigenvalue weighted by molar-refractivity contribution is -0.122. The van der Waals surface area contributed by atoms with Gasteiger partial charge in [0.2, 0.25) is 15.9 Å². The number of nitrogens with zero attached hydrogens (tertiary/aromatic N) is 1. The van der Waals surface area contributed by atoms with Crippen molar-refractivity contribution in [3.05, 3.63) is 58.6 Å². The normalized spacial score (nSPS) is 12.3. The van der Waals surface area contributed by atoms with Gasteiger partial charge in [0.25, 0.3) is 0 Å². The van der Waals surface area contributed by atoms with Gasteiger partial charge in [0.05, 0.1) is 18.6 Å². The van der Waals surface area contributed by atoms with Crippen molar-refractivity contribution in [2.75, 3.05) is 17.2 Å². The van der Waals surface area contributed by atoms with Crippen molar-refractivity contribution < 1.29 is 17.9 Å². The standard InChI is InChI=1S/C21H27ClN2O4S/c1-5-20(21(25)23-14-16-8-7-9-18(12-16)28-6-2)24(29(4,26)27)17-11-10-15(3)19(22)13-17/h7-13,20H,5-6,14H2,1-4H3,(H,23,25)/t20-/m1/s1. The first-order chi connectivity index (χ1) is 13.7. The third kappa shape index (κ3) is 6.11. The zero-order valence-corrected chi connectivity index (χ0v) is 18.7. The van der Waals surface area contributed by atoms with Crippen LogP contribution in [-0.4, -0.2) is 33.2 Å². The van der Waals surface area contributed by atoms with Crippen LogP contribution in [0.2, 0.25) is 5.02 Å². The Labute approximate surface area is 177 Å². The second-order valence-corrected chi connectivity index (χ2v) is 8.98. The lowest BCUT2D eigenvalue weighted by Gasteiger charge is -2.30. The number of hydrogen-bond donors (Lipinski definition) is 1. The smallest absolute Gasteiger partial charge is 0.244 e. The highest BCUT2D eigenvalue weighted by Gasteiger charge is 2.31. The highest BCUT2D eigenvalue weighted by molar-refractivity contribution is 7.92. The maximum absolute atomic E-state index is 12.9. The fourth-order valence-electron chi connectivity index (χ4n) is 3.00. The first-order valence-corrected chi connectivity index (χ1v) is 11.6. The number of carbonyl (C=O) groups excluding carboxylic acids is 1. The molecule has 0 saturated carbocycles. The van der Waals surface area contributed by atoms with E-state index in [9.17, 15) is 13.2 Å². The van der Waals surface area contributed by atoms with Gasteiger partial charge in [-0.05, 0) is 55.7 Å². The quantitative estimate of drug-likeness (QED) is 0.644. The number of halogens is 1. The fourth-order valence-corrected chi connectivity index (χ4v) is 4.38. The molecular formula is C21H27ClN2O4S. The number of sulfonamides is 1. The van der Waals surface area contributed by atoms with E-state index in [1.807, 2.05) is 38.1 Å². The van der Waals surface area contributed by atoms with Gasteiger partial charge in [-0.1, -0.05) is 36.7 Å². The predicted molar refractivity (Wildman–Crippen MR) is 117 cm³/mol. The summed E-state index contributed by atoms with van der Waals surface area (Å²) in [6.07, 6.45) is 1.39. The Kier molecular flexibility index (Phi) is 7.93. The highest BCUT2D eigenvalue weighted by atomic mass is 35.5. The molecule has 29 heavy (non-hydrogen) atoms. The van der Waals surface area contributed by atoms with Crippen molar-refractivity contribution in [2.45, 2.75) is 39.8 Å². The maximum atomic E-state index is 12.9. The summed E-state index contributed by atoms with van der Waals surface area (Å²) >= 11 is 6.18. The number of carbonyl (C=O) groups is 1. The van der Waals surface area contributed by atoms with Gasteiger partial charge in [-0.15, -0.1) is 0 Å². The molecule has 0 saturated heterocycles.